The molecule has 1 atom stereocenters. The lowest BCUT2D eigenvalue weighted by Gasteiger charge is -2.29. The summed E-state index contributed by atoms with van der Waals surface area (Å²) in [5, 5.41) is 5.65. The number of nitrogens with zero attached hydrogens (tertiary/aromatic N) is 1. The molecule has 0 saturated heterocycles. The van der Waals surface area contributed by atoms with Crippen molar-refractivity contribution in [2.24, 2.45) is 11.7 Å². The maximum atomic E-state index is 12.4. The molecule has 21 heavy (non-hydrogen) atoms. The number of aromatic nitrogens is 1. The van der Waals surface area contributed by atoms with Gasteiger partial charge in [0, 0.05) is 11.9 Å². The Kier molecular flexibility index (Phi) is 4.05. The molecule has 1 saturated carbocycles. The molecule has 0 spiro atoms. The largest absolute Gasteiger partial charge is 0.344 e. The number of halogens is 1. The molecule has 3 rings (SSSR count). The first-order chi connectivity index (χ1) is 10.0. The molecular formula is C14H16ClN3OS2. The quantitative estimate of drug-likeness (QED) is 0.876. The maximum Gasteiger partial charge on any atom is 0.271 e. The molecule has 1 unspecified atom stereocenters. The first-order valence-corrected chi connectivity index (χ1v) is 8.83. The van der Waals surface area contributed by atoms with E-state index in [1.165, 1.54) is 22.7 Å². The van der Waals surface area contributed by atoms with Crippen LogP contribution in [0.1, 0.15) is 30.3 Å². The molecule has 0 aliphatic heterocycles. The molecule has 1 fully saturated rings. The summed E-state index contributed by atoms with van der Waals surface area (Å²) in [4.78, 5) is 17.7. The number of nitrogens with two attached hydrogens (primary N) is 1. The van der Waals surface area contributed by atoms with Gasteiger partial charge in [-0.05, 0) is 37.8 Å². The fourth-order valence-electron chi connectivity index (χ4n) is 2.28. The van der Waals surface area contributed by atoms with Gasteiger partial charge in [0.2, 0.25) is 0 Å². The van der Waals surface area contributed by atoms with E-state index in [2.05, 4.69) is 10.3 Å². The Morgan fingerprint density at radius 2 is 2.33 bits per heavy atom. The second-order valence-corrected chi connectivity index (χ2v) is 8.06. The second-order valence-electron chi connectivity index (χ2n) is 5.49. The zero-order valence-corrected chi connectivity index (χ0v) is 13.9. The highest BCUT2D eigenvalue weighted by Gasteiger charge is 2.41. The number of nitrogens with one attached hydrogen (secondary N) is 1. The van der Waals surface area contributed by atoms with Gasteiger partial charge in [-0.25, -0.2) is 4.98 Å². The average molecular weight is 342 g/mol. The molecular weight excluding hydrogens is 326 g/mol. The zero-order chi connectivity index (χ0) is 15.0. The van der Waals surface area contributed by atoms with Crippen molar-refractivity contribution in [3.8, 4) is 9.88 Å². The molecule has 2 aromatic rings. The minimum atomic E-state index is -0.326. The van der Waals surface area contributed by atoms with Crippen molar-refractivity contribution in [3.05, 3.63) is 27.5 Å². The van der Waals surface area contributed by atoms with Gasteiger partial charge in [-0.2, -0.15) is 0 Å². The Bertz CT molecular complexity index is 665. The third kappa shape index (κ3) is 3.13. The Morgan fingerprint density at radius 1 is 1.57 bits per heavy atom. The predicted molar refractivity (Wildman–Crippen MR) is 88.1 cm³/mol. The van der Waals surface area contributed by atoms with Gasteiger partial charge in [0.25, 0.3) is 5.91 Å². The number of carbonyl (C=O) groups is 1. The first kappa shape index (κ1) is 15.0. The summed E-state index contributed by atoms with van der Waals surface area (Å²) in [6.45, 7) is 2.45. The number of hydrogen-bond donors (Lipinski definition) is 2. The van der Waals surface area contributed by atoms with Crippen LogP contribution in [0.4, 0.5) is 0 Å². The van der Waals surface area contributed by atoms with Crippen molar-refractivity contribution in [3.63, 3.8) is 0 Å². The fourth-order valence-corrected chi connectivity index (χ4v) is 4.20. The number of thiophene rings is 1. The Labute approximate surface area is 136 Å². The lowest BCUT2D eigenvalue weighted by molar-refractivity contribution is 0.0893. The minimum Gasteiger partial charge on any atom is -0.344 e. The maximum absolute atomic E-state index is 12.4. The molecule has 2 aromatic heterocycles. The van der Waals surface area contributed by atoms with Crippen LogP contribution in [0.25, 0.3) is 9.88 Å². The van der Waals surface area contributed by atoms with Gasteiger partial charge in [0.15, 0.2) is 0 Å². The predicted octanol–water partition coefficient (Wildman–Crippen LogP) is 3.38. The normalized spacial score (nSPS) is 17.5. The van der Waals surface area contributed by atoms with Crippen LogP contribution in [-0.2, 0) is 0 Å². The minimum absolute atomic E-state index is 0.153. The van der Waals surface area contributed by atoms with Crippen LogP contribution in [0.2, 0.25) is 4.34 Å². The van der Waals surface area contributed by atoms with Gasteiger partial charge in [0.05, 0.1) is 14.8 Å². The highest BCUT2D eigenvalue weighted by atomic mass is 35.5. The van der Waals surface area contributed by atoms with E-state index in [1.807, 2.05) is 19.1 Å². The summed E-state index contributed by atoms with van der Waals surface area (Å²) in [5.74, 6) is 0.334. The van der Waals surface area contributed by atoms with Crippen molar-refractivity contribution in [1.82, 2.24) is 10.3 Å². The van der Waals surface area contributed by atoms with Gasteiger partial charge < -0.3 is 11.1 Å². The van der Waals surface area contributed by atoms with E-state index < -0.39 is 0 Å². The number of carbonyl (C=O) groups excluding carboxylic acids is 1. The van der Waals surface area contributed by atoms with Gasteiger partial charge in [-0.1, -0.05) is 11.6 Å². The summed E-state index contributed by atoms with van der Waals surface area (Å²) in [7, 11) is 0. The van der Waals surface area contributed by atoms with Crippen LogP contribution in [0.5, 0.6) is 0 Å². The molecule has 1 aliphatic rings. The third-order valence-corrected chi connectivity index (χ3v) is 6.06. The highest BCUT2D eigenvalue weighted by molar-refractivity contribution is 7.23. The van der Waals surface area contributed by atoms with Gasteiger partial charge in [-0.15, -0.1) is 22.7 Å². The van der Waals surface area contributed by atoms with E-state index in [4.69, 9.17) is 17.3 Å². The van der Waals surface area contributed by atoms with Crippen molar-refractivity contribution < 1.29 is 4.79 Å². The molecule has 1 amide bonds. The van der Waals surface area contributed by atoms with E-state index in [0.29, 0.717) is 18.2 Å². The summed E-state index contributed by atoms with van der Waals surface area (Å²) in [6, 6.07) is 3.75. The summed E-state index contributed by atoms with van der Waals surface area (Å²) in [6.07, 6.45) is 2.26. The van der Waals surface area contributed by atoms with Gasteiger partial charge in [-0.3, -0.25) is 4.79 Å². The van der Waals surface area contributed by atoms with Crippen LogP contribution >= 0.6 is 34.3 Å². The number of rotatable bonds is 5. The average Bonchev–Trinajstić information content (AvgIpc) is 3.05. The Morgan fingerprint density at radius 3 is 2.90 bits per heavy atom. The second kappa shape index (κ2) is 5.68. The third-order valence-electron chi connectivity index (χ3n) is 3.82. The molecule has 1 aliphatic carbocycles. The van der Waals surface area contributed by atoms with Crippen LogP contribution in [0, 0.1) is 5.92 Å². The fraction of sp³-hybridized carbons (Fsp3) is 0.429. The monoisotopic (exact) mass is 341 g/mol. The molecule has 0 aromatic carbocycles. The molecule has 2 heterocycles. The summed E-state index contributed by atoms with van der Waals surface area (Å²) < 4.78 is 0.718. The summed E-state index contributed by atoms with van der Waals surface area (Å²) >= 11 is 8.84. The molecule has 4 nitrogen and oxygen atoms in total. The highest BCUT2D eigenvalue weighted by Crippen LogP contribution is 2.39. The van der Waals surface area contributed by atoms with E-state index in [9.17, 15) is 4.79 Å². The van der Waals surface area contributed by atoms with Crippen LogP contribution < -0.4 is 11.1 Å². The molecule has 7 heteroatoms. The molecule has 0 radical (unpaired) electrons. The van der Waals surface area contributed by atoms with Crippen LogP contribution in [-0.4, -0.2) is 23.0 Å². The van der Waals surface area contributed by atoms with Gasteiger partial charge >= 0.3 is 0 Å². The van der Waals surface area contributed by atoms with E-state index in [-0.39, 0.29) is 11.4 Å². The van der Waals surface area contributed by atoms with E-state index in [0.717, 1.165) is 27.1 Å². The molecule has 112 valence electrons. The van der Waals surface area contributed by atoms with E-state index >= 15 is 0 Å². The van der Waals surface area contributed by atoms with Crippen molar-refractivity contribution in [2.45, 2.75) is 25.3 Å². The topological polar surface area (TPSA) is 68.0 Å². The Hall–Kier alpha value is -0.950. The first-order valence-electron chi connectivity index (χ1n) is 6.75. The lowest BCUT2D eigenvalue weighted by atomic mass is 9.96. The lowest BCUT2D eigenvalue weighted by Crippen LogP contribution is -2.53. The number of amides is 1. The van der Waals surface area contributed by atoms with Crippen LogP contribution in [0.3, 0.4) is 0 Å². The van der Waals surface area contributed by atoms with Crippen molar-refractivity contribution in [1.29, 1.82) is 0 Å². The zero-order valence-electron chi connectivity index (χ0n) is 11.6. The molecule has 0 bridgehead atoms. The van der Waals surface area contributed by atoms with Crippen molar-refractivity contribution in [2.75, 3.05) is 6.54 Å². The number of hydrogen-bond acceptors (Lipinski definition) is 5. The number of thiazole rings is 1. The standard InChI is InChI=1S/C14H16ClN3OS2/c1-14(7-16,8-2-3-8)18-12(19)9-6-20-13(17-9)10-4-5-11(15)21-10/h4-6,8H,2-3,7,16H2,1H3,(H,18,19). The van der Waals surface area contributed by atoms with Crippen LogP contribution in [0.15, 0.2) is 17.5 Å². The smallest absolute Gasteiger partial charge is 0.271 e. The summed E-state index contributed by atoms with van der Waals surface area (Å²) in [5.41, 5.74) is 5.95. The SMILES string of the molecule is CC(CN)(NC(=O)c1csc(-c2ccc(Cl)s2)n1)C1CC1. The molecule has 3 N–H and O–H groups in total. The Balaban J connectivity index is 1.75. The van der Waals surface area contributed by atoms with E-state index in [1.54, 1.807) is 5.38 Å². The van der Waals surface area contributed by atoms with Gasteiger partial charge in [0.1, 0.15) is 10.7 Å². The van der Waals surface area contributed by atoms with Crippen molar-refractivity contribution >= 4 is 40.2 Å².